The summed E-state index contributed by atoms with van der Waals surface area (Å²) in [6.45, 7) is 4.08. The van der Waals surface area contributed by atoms with Gasteiger partial charge in [0.25, 0.3) is 0 Å². The van der Waals surface area contributed by atoms with Crippen molar-refractivity contribution in [2.45, 2.75) is 38.1 Å². The van der Waals surface area contributed by atoms with Gasteiger partial charge in [0, 0.05) is 42.8 Å². The number of benzene rings is 1. The number of anilines is 1. The van der Waals surface area contributed by atoms with E-state index in [4.69, 9.17) is 11.6 Å². The van der Waals surface area contributed by atoms with Gasteiger partial charge < -0.3 is 4.90 Å². The number of nitrogens with one attached hydrogen (secondary N) is 1. The summed E-state index contributed by atoms with van der Waals surface area (Å²) in [4.78, 5) is 13.9. The Hall–Kier alpha value is -2.45. The predicted molar refractivity (Wildman–Crippen MR) is 112 cm³/mol. The molecule has 0 unspecified atom stereocenters. The van der Waals surface area contributed by atoms with Gasteiger partial charge in [0.05, 0.1) is 0 Å². The number of hydrogen-bond donors (Lipinski definition) is 1. The number of nitrogens with zero attached hydrogens (tertiary/aromatic N) is 7. The van der Waals surface area contributed by atoms with Gasteiger partial charge in [-0.1, -0.05) is 30.9 Å². The fourth-order valence-electron chi connectivity index (χ4n) is 4.32. The maximum absolute atomic E-state index is 5.95. The van der Waals surface area contributed by atoms with Crippen molar-refractivity contribution in [1.29, 1.82) is 0 Å². The molecule has 2 aromatic heterocycles. The lowest BCUT2D eigenvalue weighted by Gasteiger charge is -2.40. The van der Waals surface area contributed by atoms with E-state index in [1.165, 1.54) is 32.1 Å². The third kappa shape index (κ3) is 4.00. The highest BCUT2D eigenvalue weighted by atomic mass is 35.5. The van der Waals surface area contributed by atoms with E-state index < -0.39 is 0 Å². The maximum Gasteiger partial charge on any atom is 0.249 e. The molecule has 0 amide bonds. The minimum Gasteiger partial charge on any atom is -0.337 e. The summed E-state index contributed by atoms with van der Waals surface area (Å²) in [7, 11) is 0. The summed E-state index contributed by atoms with van der Waals surface area (Å²) >= 11 is 5.95. The maximum atomic E-state index is 5.95. The zero-order valence-corrected chi connectivity index (χ0v) is 17.1. The number of H-pyrrole nitrogens is 1. The Kier molecular flexibility index (Phi) is 5.20. The molecule has 1 aliphatic heterocycles. The molecule has 5 rings (SSSR count). The Morgan fingerprint density at radius 2 is 1.72 bits per heavy atom. The molecule has 0 bridgehead atoms. The Morgan fingerprint density at radius 1 is 0.966 bits per heavy atom. The van der Waals surface area contributed by atoms with Crippen LogP contribution in [0.2, 0.25) is 5.02 Å². The summed E-state index contributed by atoms with van der Waals surface area (Å²) in [5, 5.41) is 12.6. The molecule has 1 aliphatic carbocycles. The Balaban J connectivity index is 1.24. The highest BCUT2D eigenvalue weighted by Crippen LogP contribution is 2.24. The first kappa shape index (κ1) is 18.6. The van der Waals surface area contributed by atoms with E-state index in [1.807, 2.05) is 24.3 Å². The average molecular weight is 413 g/mol. The molecule has 2 aliphatic rings. The second-order valence-corrected chi connectivity index (χ2v) is 8.23. The number of aromatic amines is 1. The average Bonchev–Trinajstić information content (AvgIpc) is 3.45. The van der Waals surface area contributed by atoms with E-state index >= 15 is 0 Å². The number of rotatable bonds is 4. The van der Waals surface area contributed by atoms with Gasteiger partial charge in [-0.3, -0.25) is 4.90 Å². The molecule has 3 heterocycles. The van der Waals surface area contributed by atoms with Crippen LogP contribution in [0.5, 0.6) is 0 Å². The van der Waals surface area contributed by atoms with Crippen molar-refractivity contribution in [1.82, 2.24) is 34.8 Å². The normalized spacial score (nSPS) is 19.0. The van der Waals surface area contributed by atoms with Crippen molar-refractivity contribution in [2.24, 2.45) is 0 Å². The van der Waals surface area contributed by atoms with E-state index in [9.17, 15) is 0 Å². The topological polar surface area (TPSA) is 78.8 Å². The molecule has 29 heavy (non-hydrogen) atoms. The summed E-state index contributed by atoms with van der Waals surface area (Å²) in [6, 6.07) is 8.24. The molecule has 9 heteroatoms. The van der Waals surface area contributed by atoms with Crippen molar-refractivity contribution in [2.75, 3.05) is 31.1 Å². The van der Waals surface area contributed by atoms with Gasteiger partial charge in [0.2, 0.25) is 11.9 Å². The van der Waals surface area contributed by atoms with E-state index in [0.29, 0.717) is 16.8 Å². The number of piperazine rings is 1. The Morgan fingerprint density at radius 3 is 2.48 bits per heavy atom. The van der Waals surface area contributed by atoms with Gasteiger partial charge in [0.15, 0.2) is 5.82 Å². The van der Waals surface area contributed by atoms with Crippen LogP contribution in [0.25, 0.3) is 17.3 Å². The van der Waals surface area contributed by atoms with Crippen molar-refractivity contribution in [3.63, 3.8) is 0 Å². The van der Waals surface area contributed by atoms with Crippen LogP contribution in [0.15, 0.2) is 30.6 Å². The molecule has 3 aromatic rings. The van der Waals surface area contributed by atoms with Crippen LogP contribution < -0.4 is 4.90 Å². The van der Waals surface area contributed by atoms with Crippen LogP contribution in [0.4, 0.5) is 5.95 Å². The number of hydrogen-bond acceptors (Lipinski definition) is 6. The zero-order valence-electron chi connectivity index (χ0n) is 16.3. The van der Waals surface area contributed by atoms with Gasteiger partial charge in [-0.05, 0) is 37.1 Å². The van der Waals surface area contributed by atoms with E-state index in [1.54, 1.807) is 11.0 Å². The summed E-state index contributed by atoms with van der Waals surface area (Å²) in [5.41, 5.74) is 0.909. The standard InChI is InChI=1S/C20H25ClN8/c21-16-8-6-15(7-9-16)18-22-14-29(26-18)20-23-19(24-25-20)28-12-10-27(11-13-28)17-4-2-1-3-5-17/h6-9,14,17H,1-5,10-13H2,(H,23,24,25). The van der Waals surface area contributed by atoms with E-state index in [0.717, 1.165) is 43.7 Å². The van der Waals surface area contributed by atoms with Crippen LogP contribution in [0, 0.1) is 0 Å². The van der Waals surface area contributed by atoms with Crippen LogP contribution in [-0.4, -0.2) is 67.1 Å². The quantitative estimate of drug-likeness (QED) is 0.709. The third-order valence-electron chi connectivity index (χ3n) is 5.96. The lowest BCUT2D eigenvalue weighted by Crippen LogP contribution is -2.51. The molecule has 1 saturated carbocycles. The van der Waals surface area contributed by atoms with Crippen molar-refractivity contribution >= 4 is 17.5 Å². The second kappa shape index (κ2) is 8.12. The second-order valence-electron chi connectivity index (χ2n) is 7.79. The third-order valence-corrected chi connectivity index (χ3v) is 6.21. The van der Waals surface area contributed by atoms with Crippen LogP contribution in [-0.2, 0) is 0 Å². The highest BCUT2D eigenvalue weighted by Gasteiger charge is 2.26. The lowest BCUT2D eigenvalue weighted by molar-refractivity contribution is 0.147. The van der Waals surface area contributed by atoms with Crippen LogP contribution in [0.1, 0.15) is 32.1 Å². The molecule has 0 atom stereocenters. The minimum absolute atomic E-state index is 0.572. The first-order chi connectivity index (χ1) is 14.3. The zero-order chi connectivity index (χ0) is 19.6. The summed E-state index contributed by atoms with van der Waals surface area (Å²) in [6.07, 6.45) is 8.52. The largest absolute Gasteiger partial charge is 0.337 e. The molecule has 1 saturated heterocycles. The highest BCUT2D eigenvalue weighted by molar-refractivity contribution is 6.30. The van der Waals surface area contributed by atoms with Gasteiger partial charge >= 0.3 is 0 Å². The van der Waals surface area contributed by atoms with Gasteiger partial charge in [-0.2, -0.15) is 9.67 Å². The summed E-state index contributed by atoms with van der Waals surface area (Å²) < 4.78 is 1.62. The van der Waals surface area contributed by atoms with E-state index in [2.05, 4.69) is 35.1 Å². The molecular formula is C20H25ClN8. The van der Waals surface area contributed by atoms with Crippen molar-refractivity contribution in [3.05, 3.63) is 35.6 Å². The van der Waals surface area contributed by atoms with Gasteiger partial charge in [0.1, 0.15) is 6.33 Å². The SMILES string of the molecule is Clc1ccc(-c2ncn(-c3nc(N4CCN(C5CCCCC5)CC4)n[nH]3)n2)cc1. The smallest absolute Gasteiger partial charge is 0.249 e. The monoisotopic (exact) mass is 412 g/mol. The lowest BCUT2D eigenvalue weighted by atomic mass is 9.94. The molecule has 0 radical (unpaired) electrons. The first-order valence-corrected chi connectivity index (χ1v) is 10.7. The molecule has 152 valence electrons. The first-order valence-electron chi connectivity index (χ1n) is 10.4. The molecular weight excluding hydrogens is 388 g/mol. The number of aromatic nitrogens is 6. The van der Waals surface area contributed by atoms with Gasteiger partial charge in [-0.25, -0.2) is 10.1 Å². The molecule has 2 fully saturated rings. The van der Waals surface area contributed by atoms with Gasteiger partial charge in [-0.15, -0.1) is 10.2 Å². The van der Waals surface area contributed by atoms with Crippen LogP contribution >= 0.6 is 11.6 Å². The molecule has 1 aromatic carbocycles. The Bertz CT molecular complexity index is 936. The molecule has 8 nitrogen and oxygen atoms in total. The summed E-state index contributed by atoms with van der Waals surface area (Å²) in [5.74, 6) is 1.93. The minimum atomic E-state index is 0.572. The van der Waals surface area contributed by atoms with Crippen molar-refractivity contribution < 1.29 is 0 Å². The number of halogens is 1. The molecule has 1 N–H and O–H groups in total. The fraction of sp³-hybridized carbons (Fsp3) is 0.500. The van der Waals surface area contributed by atoms with Crippen molar-refractivity contribution in [3.8, 4) is 17.3 Å². The fourth-order valence-corrected chi connectivity index (χ4v) is 4.44. The molecule has 0 spiro atoms. The van der Waals surface area contributed by atoms with Crippen LogP contribution in [0.3, 0.4) is 0 Å². The Labute approximate surface area is 174 Å². The predicted octanol–water partition coefficient (Wildman–Crippen LogP) is 3.16. The van der Waals surface area contributed by atoms with E-state index in [-0.39, 0.29) is 0 Å².